The number of rotatable bonds is 3. The van der Waals surface area contributed by atoms with Gasteiger partial charge in [0.05, 0.1) is 10.4 Å². The van der Waals surface area contributed by atoms with Gasteiger partial charge in [0.1, 0.15) is 0 Å². The summed E-state index contributed by atoms with van der Waals surface area (Å²) in [5.41, 5.74) is 1.72. The Hall–Kier alpha value is -2.27. The maximum Gasteiger partial charge on any atom is 0.268 e. The summed E-state index contributed by atoms with van der Waals surface area (Å²) >= 11 is 0. The summed E-state index contributed by atoms with van der Waals surface area (Å²) in [6, 6.07) is 16.0. The van der Waals surface area contributed by atoms with E-state index in [-0.39, 0.29) is 0 Å². The fourth-order valence-corrected chi connectivity index (χ4v) is 3.67. The van der Waals surface area contributed by atoms with Crippen LogP contribution in [0.5, 0.6) is 0 Å². The lowest BCUT2D eigenvalue weighted by Gasteiger charge is -2.13. The lowest BCUT2D eigenvalue weighted by Crippen LogP contribution is -2.12. The molecule has 21 heavy (non-hydrogen) atoms. The van der Waals surface area contributed by atoms with Gasteiger partial charge in [-0.3, -0.25) is 0 Å². The summed E-state index contributed by atoms with van der Waals surface area (Å²) in [6.45, 7) is 0. The van der Waals surface area contributed by atoms with Crippen LogP contribution >= 0.6 is 0 Å². The normalized spacial score (nSPS) is 11.7. The minimum Gasteiger partial charge on any atom is -0.378 e. The van der Waals surface area contributed by atoms with Crippen molar-refractivity contribution in [3.63, 3.8) is 0 Å². The molecule has 0 atom stereocenters. The Morgan fingerprint density at radius 2 is 1.67 bits per heavy atom. The van der Waals surface area contributed by atoms with Crippen molar-refractivity contribution in [3.8, 4) is 0 Å². The molecule has 0 N–H and O–H groups in total. The zero-order chi connectivity index (χ0) is 15.0. The molecular formula is C16H16N2O2S. The molecule has 1 aromatic heterocycles. The lowest BCUT2D eigenvalue weighted by atomic mass is 10.2. The minimum absolute atomic E-state index is 0.291. The number of aromatic nitrogens is 1. The molecule has 5 heteroatoms. The first kappa shape index (κ1) is 13.7. The van der Waals surface area contributed by atoms with Gasteiger partial charge in [-0.05, 0) is 36.4 Å². The van der Waals surface area contributed by atoms with Crippen LogP contribution < -0.4 is 4.90 Å². The van der Waals surface area contributed by atoms with Crippen LogP contribution in [0.15, 0.2) is 65.7 Å². The predicted molar refractivity (Wildman–Crippen MR) is 85.3 cm³/mol. The van der Waals surface area contributed by atoms with Gasteiger partial charge < -0.3 is 4.90 Å². The van der Waals surface area contributed by atoms with E-state index in [1.807, 2.05) is 43.3 Å². The van der Waals surface area contributed by atoms with E-state index in [0.29, 0.717) is 10.4 Å². The molecule has 0 saturated carbocycles. The monoisotopic (exact) mass is 300 g/mol. The first-order valence-electron chi connectivity index (χ1n) is 6.59. The second-order valence-corrected chi connectivity index (χ2v) is 6.88. The van der Waals surface area contributed by atoms with Crippen molar-refractivity contribution in [1.29, 1.82) is 0 Å². The molecule has 0 radical (unpaired) electrons. The molecule has 0 spiro atoms. The fourth-order valence-electron chi connectivity index (χ4n) is 2.30. The van der Waals surface area contributed by atoms with E-state index in [0.717, 1.165) is 11.1 Å². The molecule has 0 aliphatic heterocycles. The van der Waals surface area contributed by atoms with Crippen molar-refractivity contribution in [1.82, 2.24) is 3.97 Å². The number of fused-ring (bicyclic) bond motifs is 1. The van der Waals surface area contributed by atoms with Crippen LogP contribution in [0.1, 0.15) is 0 Å². The molecular weight excluding hydrogens is 284 g/mol. The molecule has 4 nitrogen and oxygen atoms in total. The van der Waals surface area contributed by atoms with Gasteiger partial charge in [0.15, 0.2) is 0 Å². The molecule has 0 aliphatic rings. The highest BCUT2D eigenvalue weighted by molar-refractivity contribution is 7.90. The summed E-state index contributed by atoms with van der Waals surface area (Å²) in [7, 11) is 0.362. The Morgan fingerprint density at radius 1 is 0.952 bits per heavy atom. The van der Waals surface area contributed by atoms with Gasteiger partial charge in [0.25, 0.3) is 10.0 Å². The highest BCUT2D eigenvalue weighted by Crippen LogP contribution is 2.25. The summed E-state index contributed by atoms with van der Waals surface area (Å²) < 4.78 is 26.7. The Bertz CT molecular complexity index is 881. The summed E-state index contributed by atoms with van der Waals surface area (Å²) in [5.74, 6) is 0. The van der Waals surface area contributed by atoms with E-state index in [1.54, 1.807) is 36.5 Å². The third-order valence-electron chi connectivity index (χ3n) is 3.45. The van der Waals surface area contributed by atoms with Gasteiger partial charge in [-0.15, -0.1) is 0 Å². The van der Waals surface area contributed by atoms with E-state index < -0.39 is 10.0 Å². The fraction of sp³-hybridized carbons (Fsp3) is 0.125. The summed E-state index contributed by atoms with van der Waals surface area (Å²) in [6.07, 6.45) is 1.60. The first-order chi connectivity index (χ1) is 10.00. The van der Waals surface area contributed by atoms with Gasteiger partial charge in [0, 0.05) is 31.4 Å². The van der Waals surface area contributed by atoms with Gasteiger partial charge in [0.2, 0.25) is 0 Å². The highest BCUT2D eigenvalue weighted by atomic mass is 32.2. The topological polar surface area (TPSA) is 42.3 Å². The van der Waals surface area contributed by atoms with Crippen molar-refractivity contribution in [2.75, 3.05) is 19.0 Å². The first-order valence-corrected chi connectivity index (χ1v) is 8.03. The maximum atomic E-state index is 12.7. The molecule has 0 bridgehead atoms. The molecule has 0 fully saturated rings. The number of hydrogen-bond donors (Lipinski definition) is 0. The maximum absolute atomic E-state index is 12.7. The quantitative estimate of drug-likeness (QED) is 0.747. The van der Waals surface area contributed by atoms with Gasteiger partial charge in [-0.1, -0.05) is 18.2 Å². The zero-order valence-corrected chi connectivity index (χ0v) is 12.7. The summed E-state index contributed by atoms with van der Waals surface area (Å²) in [5, 5.41) is 0.903. The zero-order valence-electron chi connectivity index (χ0n) is 11.9. The molecule has 3 rings (SSSR count). The lowest BCUT2D eigenvalue weighted by molar-refractivity contribution is 0.589. The van der Waals surface area contributed by atoms with E-state index in [9.17, 15) is 8.42 Å². The molecule has 3 aromatic rings. The van der Waals surface area contributed by atoms with Gasteiger partial charge in [-0.2, -0.15) is 0 Å². The van der Waals surface area contributed by atoms with Crippen molar-refractivity contribution in [2.24, 2.45) is 0 Å². The van der Waals surface area contributed by atoms with Crippen molar-refractivity contribution >= 4 is 26.6 Å². The second-order valence-electron chi connectivity index (χ2n) is 5.07. The van der Waals surface area contributed by atoms with Gasteiger partial charge >= 0.3 is 0 Å². The van der Waals surface area contributed by atoms with Gasteiger partial charge in [-0.25, -0.2) is 12.4 Å². The van der Waals surface area contributed by atoms with Crippen molar-refractivity contribution < 1.29 is 8.42 Å². The largest absolute Gasteiger partial charge is 0.378 e. The number of benzene rings is 2. The van der Waals surface area contributed by atoms with E-state index in [4.69, 9.17) is 0 Å². The van der Waals surface area contributed by atoms with Crippen LogP contribution in [0.3, 0.4) is 0 Å². The average Bonchev–Trinajstić information content (AvgIpc) is 2.91. The van der Waals surface area contributed by atoms with Crippen LogP contribution in [-0.4, -0.2) is 26.5 Å². The average molecular weight is 300 g/mol. The van der Waals surface area contributed by atoms with E-state index in [2.05, 4.69) is 0 Å². The Kier molecular flexibility index (Phi) is 3.22. The second kappa shape index (κ2) is 4.93. The predicted octanol–water partition coefficient (Wildman–Crippen LogP) is 2.94. The molecule has 0 amide bonds. The summed E-state index contributed by atoms with van der Waals surface area (Å²) in [4.78, 5) is 2.28. The molecule has 0 saturated heterocycles. The van der Waals surface area contributed by atoms with Crippen LogP contribution in [0.4, 0.5) is 5.69 Å². The Morgan fingerprint density at radius 3 is 2.33 bits per heavy atom. The van der Waals surface area contributed by atoms with E-state index >= 15 is 0 Å². The van der Waals surface area contributed by atoms with Crippen molar-refractivity contribution in [2.45, 2.75) is 4.90 Å². The van der Waals surface area contributed by atoms with Crippen LogP contribution in [0, 0.1) is 0 Å². The molecule has 1 heterocycles. The van der Waals surface area contributed by atoms with Crippen LogP contribution in [0.25, 0.3) is 10.9 Å². The minimum atomic E-state index is -3.55. The van der Waals surface area contributed by atoms with E-state index in [1.165, 1.54) is 3.97 Å². The number of anilines is 1. The highest BCUT2D eigenvalue weighted by Gasteiger charge is 2.18. The van der Waals surface area contributed by atoms with Crippen LogP contribution in [0.2, 0.25) is 0 Å². The molecule has 2 aromatic carbocycles. The van der Waals surface area contributed by atoms with Crippen LogP contribution in [-0.2, 0) is 10.0 Å². The number of nitrogens with zero attached hydrogens (tertiary/aromatic N) is 2. The Balaban J connectivity index is 2.18. The smallest absolute Gasteiger partial charge is 0.268 e. The third kappa shape index (κ3) is 2.29. The molecule has 0 aliphatic carbocycles. The third-order valence-corrected chi connectivity index (χ3v) is 5.16. The number of hydrogen-bond acceptors (Lipinski definition) is 3. The van der Waals surface area contributed by atoms with Crippen molar-refractivity contribution in [3.05, 3.63) is 60.8 Å². The Labute approximate surface area is 124 Å². The SMILES string of the molecule is CN(C)c1ccc2c(ccn2S(=O)(=O)c2ccccc2)c1. The molecule has 108 valence electrons. The molecule has 0 unspecified atom stereocenters. The standard InChI is InChI=1S/C16H16N2O2S/c1-17(2)14-8-9-16-13(12-14)10-11-18(16)21(19,20)15-6-4-3-5-7-15/h3-12H,1-2H3.